The molecule has 3 rings (SSSR count). The Morgan fingerprint density at radius 2 is 1.82 bits per heavy atom. The average Bonchev–Trinajstić information content (AvgIpc) is 2.71. The van der Waals surface area contributed by atoms with E-state index in [0.29, 0.717) is 32.0 Å². The zero-order chi connectivity index (χ0) is 20.0. The molecule has 28 heavy (non-hydrogen) atoms. The third-order valence-electron chi connectivity index (χ3n) is 4.45. The maximum Gasteiger partial charge on any atom is 0.416 e. The quantitative estimate of drug-likeness (QED) is 0.788. The summed E-state index contributed by atoms with van der Waals surface area (Å²) in [5, 5.41) is 2.52. The molecule has 4 nitrogen and oxygen atoms in total. The first-order chi connectivity index (χ1) is 13.4. The predicted molar refractivity (Wildman–Crippen MR) is 102 cm³/mol. The Bertz CT molecular complexity index is 829. The minimum absolute atomic E-state index is 0.0333. The summed E-state index contributed by atoms with van der Waals surface area (Å²) in [6.45, 7) is 1.89. The summed E-state index contributed by atoms with van der Waals surface area (Å²) < 4.78 is 45.8. The molecule has 1 aliphatic rings. The molecular formula is C21H21F3N2O2. The number of hydrogen-bond donors (Lipinski definition) is 1. The number of morpholine rings is 1. The lowest BCUT2D eigenvalue weighted by atomic mass is 10.0. The number of halogens is 3. The van der Waals surface area contributed by atoms with Gasteiger partial charge in [0.15, 0.2) is 0 Å². The molecule has 0 aromatic heterocycles. The van der Waals surface area contributed by atoms with Gasteiger partial charge >= 0.3 is 6.18 Å². The fourth-order valence-corrected chi connectivity index (χ4v) is 2.98. The molecule has 0 saturated carbocycles. The summed E-state index contributed by atoms with van der Waals surface area (Å²) in [5.74, 6) is -0.450. The van der Waals surface area contributed by atoms with Crippen LogP contribution in [0.1, 0.15) is 16.7 Å². The molecule has 1 N–H and O–H groups in total. The highest BCUT2D eigenvalue weighted by molar-refractivity contribution is 5.91. The number of nitrogens with zero attached hydrogens (tertiary/aromatic N) is 1. The van der Waals surface area contributed by atoms with Crippen molar-refractivity contribution in [1.29, 1.82) is 0 Å². The van der Waals surface area contributed by atoms with Crippen molar-refractivity contribution < 1.29 is 22.7 Å². The first kappa shape index (κ1) is 19.9. The molecular weight excluding hydrogens is 369 g/mol. The lowest BCUT2D eigenvalue weighted by Crippen LogP contribution is -2.36. The molecule has 2 aromatic carbocycles. The summed E-state index contributed by atoms with van der Waals surface area (Å²) in [7, 11) is 0. The molecule has 1 aliphatic heterocycles. The molecule has 1 fully saturated rings. The van der Waals surface area contributed by atoms with Crippen molar-refractivity contribution in [2.75, 3.05) is 31.2 Å². The maximum atomic E-state index is 13.5. The predicted octanol–water partition coefficient (Wildman–Crippen LogP) is 3.87. The van der Waals surface area contributed by atoms with Gasteiger partial charge < -0.3 is 15.0 Å². The molecule has 148 valence electrons. The van der Waals surface area contributed by atoms with Crippen LogP contribution in [0.2, 0.25) is 0 Å². The van der Waals surface area contributed by atoms with Gasteiger partial charge in [-0.1, -0.05) is 36.4 Å². The first-order valence-corrected chi connectivity index (χ1v) is 8.97. The number of carbonyl (C=O) groups excluding carboxylic acids is 1. The second kappa shape index (κ2) is 8.93. The van der Waals surface area contributed by atoms with Crippen LogP contribution < -0.4 is 10.2 Å². The van der Waals surface area contributed by atoms with Gasteiger partial charge in [-0.05, 0) is 29.3 Å². The van der Waals surface area contributed by atoms with Gasteiger partial charge in [0.1, 0.15) is 0 Å². The number of nitrogens with one attached hydrogen (secondary N) is 1. The molecule has 0 bridgehead atoms. The van der Waals surface area contributed by atoms with Crippen LogP contribution >= 0.6 is 0 Å². The minimum atomic E-state index is -4.50. The zero-order valence-corrected chi connectivity index (χ0v) is 15.2. The van der Waals surface area contributed by atoms with Crippen molar-refractivity contribution in [2.24, 2.45) is 0 Å². The van der Waals surface area contributed by atoms with Gasteiger partial charge in [-0.2, -0.15) is 13.2 Å². The second-order valence-electron chi connectivity index (χ2n) is 6.40. The van der Waals surface area contributed by atoms with Gasteiger partial charge in [0.2, 0.25) is 5.91 Å². The van der Waals surface area contributed by atoms with Gasteiger partial charge in [0.05, 0.1) is 18.8 Å². The lowest BCUT2D eigenvalue weighted by molar-refractivity contribution is -0.138. The summed E-state index contributed by atoms with van der Waals surface area (Å²) in [4.78, 5) is 13.8. The van der Waals surface area contributed by atoms with E-state index >= 15 is 0 Å². The Hall–Kier alpha value is -2.80. The van der Waals surface area contributed by atoms with Crippen molar-refractivity contribution >= 4 is 17.7 Å². The van der Waals surface area contributed by atoms with E-state index in [1.54, 1.807) is 12.1 Å². The third kappa shape index (κ3) is 5.36. The van der Waals surface area contributed by atoms with E-state index in [1.807, 2.05) is 35.2 Å². The Balaban J connectivity index is 1.70. The van der Waals surface area contributed by atoms with Gasteiger partial charge in [0.25, 0.3) is 0 Å². The lowest BCUT2D eigenvalue weighted by Gasteiger charge is -2.29. The van der Waals surface area contributed by atoms with Crippen LogP contribution in [0.5, 0.6) is 0 Å². The van der Waals surface area contributed by atoms with Crippen molar-refractivity contribution in [3.63, 3.8) is 0 Å². The summed E-state index contributed by atoms with van der Waals surface area (Å²) in [6.07, 6.45) is -1.57. The van der Waals surface area contributed by atoms with Gasteiger partial charge in [0, 0.05) is 31.4 Å². The molecule has 0 radical (unpaired) electrons. The largest absolute Gasteiger partial charge is 0.416 e. The Labute approximate surface area is 161 Å². The molecule has 0 spiro atoms. The van der Waals surface area contributed by atoms with Crippen LogP contribution in [-0.4, -0.2) is 32.2 Å². The Morgan fingerprint density at radius 3 is 2.50 bits per heavy atom. The number of benzene rings is 2. The highest BCUT2D eigenvalue weighted by Crippen LogP contribution is 2.35. The Morgan fingerprint density at radius 1 is 1.11 bits per heavy atom. The number of carbonyl (C=O) groups is 1. The first-order valence-electron chi connectivity index (χ1n) is 8.97. The highest BCUT2D eigenvalue weighted by Gasteiger charge is 2.34. The number of rotatable bonds is 5. The monoisotopic (exact) mass is 390 g/mol. The van der Waals surface area contributed by atoms with E-state index in [-0.39, 0.29) is 12.1 Å². The van der Waals surface area contributed by atoms with Crippen molar-refractivity contribution in [3.05, 3.63) is 71.3 Å². The van der Waals surface area contributed by atoms with Gasteiger partial charge in [-0.3, -0.25) is 4.79 Å². The van der Waals surface area contributed by atoms with Crippen LogP contribution in [-0.2, 0) is 22.3 Å². The number of alkyl halides is 3. The van der Waals surface area contributed by atoms with E-state index in [2.05, 4.69) is 5.32 Å². The minimum Gasteiger partial charge on any atom is -0.378 e. The van der Waals surface area contributed by atoms with Gasteiger partial charge in [-0.25, -0.2) is 0 Å². The molecule has 1 saturated heterocycles. The standard InChI is InChI=1S/C21H21F3N2O2/c22-21(23,24)19-14-18(26-10-12-28-13-11-26)8-7-17(19)15-25-20(27)9-6-16-4-2-1-3-5-16/h1-9,14H,10-13,15H2,(H,25,27)/b9-6+. The average molecular weight is 390 g/mol. The highest BCUT2D eigenvalue weighted by atomic mass is 19.4. The Kier molecular flexibility index (Phi) is 6.36. The molecule has 0 unspecified atom stereocenters. The third-order valence-corrected chi connectivity index (χ3v) is 4.45. The molecule has 1 amide bonds. The van der Waals surface area contributed by atoms with Crippen LogP contribution in [0.15, 0.2) is 54.6 Å². The van der Waals surface area contributed by atoms with Crippen LogP contribution in [0.3, 0.4) is 0 Å². The fourth-order valence-electron chi connectivity index (χ4n) is 2.98. The summed E-state index contributed by atoms with van der Waals surface area (Å²) in [5.41, 5.74) is 0.646. The van der Waals surface area contributed by atoms with E-state index in [4.69, 9.17) is 4.74 Å². The smallest absolute Gasteiger partial charge is 0.378 e. The molecule has 2 aromatic rings. The molecule has 0 aliphatic carbocycles. The number of anilines is 1. The number of amides is 1. The van der Waals surface area contributed by atoms with Crippen LogP contribution in [0.4, 0.5) is 18.9 Å². The van der Waals surface area contributed by atoms with E-state index < -0.39 is 17.6 Å². The fraction of sp³-hybridized carbons (Fsp3) is 0.286. The number of ether oxygens (including phenoxy) is 1. The normalized spacial score (nSPS) is 15.0. The van der Waals surface area contributed by atoms with E-state index in [9.17, 15) is 18.0 Å². The summed E-state index contributed by atoms with van der Waals surface area (Å²) >= 11 is 0. The van der Waals surface area contributed by atoms with Crippen LogP contribution in [0, 0.1) is 0 Å². The van der Waals surface area contributed by atoms with Gasteiger partial charge in [-0.15, -0.1) is 0 Å². The van der Waals surface area contributed by atoms with Crippen molar-refractivity contribution in [2.45, 2.75) is 12.7 Å². The van der Waals surface area contributed by atoms with Crippen molar-refractivity contribution in [1.82, 2.24) is 5.32 Å². The second-order valence-corrected chi connectivity index (χ2v) is 6.40. The van der Waals surface area contributed by atoms with Crippen molar-refractivity contribution in [3.8, 4) is 0 Å². The van der Waals surface area contributed by atoms with E-state index in [0.717, 1.165) is 11.6 Å². The zero-order valence-electron chi connectivity index (χ0n) is 15.2. The van der Waals surface area contributed by atoms with E-state index in [1.165, 1.54) is 12.1 Å². The maximum absolute atomic E-state index is 13.5. The molecule has 0 atom stereocenters. The SMILES string of the molecule is O=C(/C=C/c1ccccc1)NCc1ccc(N2CCOCC2)cc1C(F)(F)F. The summed E-state index contributed by atoms with van der Waals surface area (Å²) in [6, 6.07) is 13.4. The molecule has 7 heteroatoms. The topological polar surface area (TPSA) is 41.6 Å². The van der Waals surface area contributed by atoms with Crippen LogP contribution in [0.25, 0.3) is 6.08 Å². The number of hydrogen-bond acceptors (Lipinski definition) is 3. The molecule has 1 heterocycles.